The first-order valence-electron chi connectivity index (χ1n) is 8.57. The molecule has 0 aromatic carbocycles. The molecule has 0 spiro atoms. The molecular formula is C15H16F13NO3. The van der Waals surface area contributed by atoms with Gasteiger partial charge < -0.3 is 9.47 Å². The van der Waals surface area contributed by atoms with Gasteiger partial charge in [0.25, 0.3) is 0 Å². The fraction of sp³-hybridized carbons (Fsp3) is 0.933. The fourth-order valence-electron chi connectivity index (χ4n) is 2.49. The van der Waals surface area contributed by atoms with Crippen LogP contribution in [0.2, 0.25) is 0 Å². The van der Waals surface area contributed by atoms with E-state index in [4.69, 9.17) is 4.74 Å². The van der Waals surface area contributed by atoms with E-state index in [1.165, 1.54) is 4.90 Å². The number of hydrogen-bond acceptors (Lipinski definition) is 4. The molecule has 0 aliphatic carbocycles. The summed E-state index contributed by atoms with van der Waals surface area (Å²) in [5.74, 6) is -38.7. The van der Waals surface area contributed by atoms with E-state index in [2.05, 4.69) is 4.74 Å². The van der Waals surface area contributed by atoms with Crippen molar-refractivity contribution in [3.8, 4) is 0 Å². The highest BCUT2D eigenvalue weighted by atomic mass is 19.4. The lowest BCUT2D eigenvalue weighted by atomic mass is 9.94. The third-order valence-corrected chi connectivity index (χ3v) is 4.29. The summed E-state index contributed by atoms with van der Waals surface area (Å²) in [6.45, 7) is 1.20. The molecule has 1 heterocycles. The van der Waals surface area contributed by atoms with Crippen LogP contribution in [0.25, 0.3) is 0 Å². The highest BCUT2D eigenvalue weighted by molar-refractivity contribution is 5.79. The molecule has 1 aliphatic heterocycles. The van der Waals surface area contributed by atoms with Crippen LogP contribution in [0.4, 0.5) is 57.1 Å². The van der Waals surface area contributed by atoms with Crippen molar-refractivity contribution in [3.63, 3.8) is 0 Å². The Labute approximate surface area is 171 Å². The van der Waals surface area contributed by atoms with Gasteiger partial charge in [-0.1, -0.05) is 0 Å². The standard InChI is InChI=1S/C15H16F13NO3/c1-8(6-29-2-4-31-5-3-29)32-9(30)12(20,21)14(24,25)13(22,23)10(16,17)7-11(18,19)15(26,27)28/h8H,2-7H2,1H3. The van der Waals surface area contributed by atoms with Crippen LogP contribution in [0.15, 0.2) is 0 Å². The molecule has 1 aliphatic rings. The van der Waals surface area contributed by atoms with Gasteiger partial charge in [-0.15, -0.1) is 0 Å². The molecule has 1 rings (SSSR count). The Morgan fingerprint density at radius 1 is 0.844 bits per heavy atom. The van der Waals surface area contributed by atoms with Crippen LogP contribution in [-0.4, -0.2) is 85.6 Å². The Balaban J connectivity index is 3.05. The molecule has 4 nitrogen and oxygen atoms in total. The summed E-state index contributed by atoms with van der Waals surface area (Å²) in [5.41, 5.74) is 0. The molecule has 0 aromatic heterocycles. The average Bonchev–Trinajstić information content (AvgIpc) is 2.59. The largest absolute Gasteiger partial charge is 0.457 e. The van der Waals surface area contributed by atoms with Gasteiger partial charge in [0.05, 0.1) is 19.6 Å². The fourth-order valence-corrected chi connectivity index (χ4v) is 2.49. The van der Waals surface area contributed by atoms with Crippen LogP contribution in [0.3, 0.4) is 0 Å². The van der Waals surface area contributed by atoms with Crippen LogP contribution in [-0.2, 0) is 14.3 Å². The monoisotopic (exact) mass is 505 g/mol. The summed E-state index contributed by atoms with van der Waals surface area (Å²) < 4.78 is 179. The minimum absolute atomic E-state index is 0.165. The first-order valence-corrected chi connectivity index (χ1v) is 8.57. The van der Waals surface area contributed by atoms with Crippen LogP contribution in [0.5, 0.6) is 0 Å². The summed E-state index contributed by atoms with van der Waals surface area (Å²) in [5, 5.41) is 0. The van der Waals surface area contributed by atoms with E-state index >= 15 is 0 Å². The number of nitrogens with zero attached hydrogens (tertiary/aromatic N) is 1. The number of rotatable bonds is 9. The molecule has 0 radical (unpaired) electrons. The van der Waals surface area contributed by atoms with Crippen molar-refractivity contribution >= 4 is 5.97 Å². The van der Waals surface area contributed by atoms with E-state index in [-0.39, 0.29) is 32.8 Å². The Kier molecular flexibility index (Phi) is 8.04. The number of carbonyl (C=O) groups is 1. The predicted molar refractivity (Wildman–Crippen MR) is 78.2 cm³/mol. The zero-order valence-electron chi connectivity index (χ0n) is 15.9. The second-order valence-electron chi connectivity index (χ2n) is 6.94. The molecule has 17 heteroatoms. The second-order valence-corrected chi connectivity index (χ2v) is 6.94. The van der Waals surface area contributed by atoms with Gasteiger partial charge in [0.2, 0.25) is 0 Å². The van der Waals surface area contributed by atoms with Crippen molar-refractivity contribution in [2.45, 2.75) is 55.2 Å². The third kappa shape index (κ3) is 5.51. The highest BCUT2D eigenvalue weighted by Gasteiger charge is 2.84. The van der Waals surface area contributed by atoms with Crippen molar-refractivity contribution in [3.05, 3.63) is 0 Å². The minimum atomic E-state index is -7.51. The molecule has 0 saturated carbocycles. The zero-order valence-corrected chi connectivity index (χ0v) is 15.9. The Morgan fingerprint density at radius 2 is 1.31 bits per heavy atom. The van der Waals surface area contributed by atoms with Gasteiger partial charge in [-0.3, -0.25) is 4.90 Å². The summed E-state index contributed by atoms with van der Waals surface area (Å²) >= 11 is 0. The number of ether oxygens (including phenoxy) is 2. The normalized spacial score (nSPS) is 19.1. The maximum Gasteiger partial charge on any atom is 0.453 e. The SMILES string of the molecule is CC(CN1CCOCC1)OC(=O)C(F)(F)C(F)(F)C(F)(F)C(F)(F)CC(F)(F)C(F)(F)F. The molecule has 0 aromatic rings. The molecule has 32 heavy (non-hydrogen) atoms. The van der Waals surface area contributed by atoms with Gasteiger partial charge in [0, 0.05) is 19.6 Å². The number of esters is 1. The predicted octanol–water partition coefficient (Wildman–Crippen LogP) is 4.38. The smallest absolute Gasteiger partial charge is 0.453 e. The Hall–Kier alpha value is -1.52. The lowest BCUT2D eigenvalue weighted by molar-refractivity contribution is -0.380. The van der Waals surface area contributed by atoms with E-state index in [0.29, 0.717) is 0 Å². The lowest BCUT2D eigenvalue weighted by Crippen LogP contribution is -2.66. The summed E-state index contributed by atoms with van der Waals surface area (Å²) in [6, 6.07) is 0. The minimum Gasteiger partial charge on any atom is -0.457 e. The average molecular weight is 505 g/mol. The van der Waals surface area contributed by atoms with Crippen molar-refractivity contribution < 1.29 is 71.3 Å². The topological polar surface area (TPSA) is 38.8 Å². The van der Waals surface area contributed by atoms with Crippen LogP contribution in [0, 0.1) is 0 Å². The first-order chi connectivity index (χ1) is 14.1. The number of carbonyl (C=O) groups excluding carboxylic acids is 1. The van der Waals surface area contributed by atoms with Gasteiger partial charge in [0.15, 0.2) is 0 Å². The quantitative estimate of drug-likeness (QED) is 0.345. The summed E-state index contributed by atoms with van der Waals surface area (Å²) in [4.78, 5) is 12.8. The maximum absolute atomic E-state index is 13.7. The van der Waals surface area contributed by atoms with Gasteiger partial charge in [0.1, 0.15) is 6.10 Å². The number of halogens is 13. The van der Waals surface area contributed by atoms with Crippen molar-refractivity contribution in [2.24, 2.45) is 0 Å². The van der Waals surface area contributed by atoms with Crippen molar-refractivity contribution in [1.29, 1.82) is 0 Å². The zero-order chi connectivity index (χ0) is 25.4. The molecule has 190 valence electrons. The van der Waals surface area contributed by atoms with Crippen molar-refractivity contribution in [2.75, 3.05) is 32.8 Å². The maximum atomic E-state index is 13.7. The number of alkyl halides is 13. The lowest BCUT2D eigenvalue weighted by Gasteiger charge is -2.37. The van der Waals surface area contributed by atoms with Crippen LogP contribution in [0.1, 0.15) is 13.3 Å². The molecule has 0 bridgehead atoms. The summed E-state index contributed by atoms with van der Waals surface area (Å²) in [6.07, 6.45) is -12.8. The molecular weight excluding hydrogens is 489 g/mol. The van der Waals surface area contributed by atoms with E-state index < -0.39 is 54.3 Å². The number of morpholine rings is 1. The van der Waals surface area contributed by atoms with Crippen molar-refractivity contribution in [1.82, 2.24) is 4.90 Å². The van der Waals surface area contributed by atoms with E-state index in [9.17, 15) is 61.9 Å². The molecule has 1 atom stereocenters. The second kappa shape index (κ2) is 9.02. The molecule has 1 saturated heterocycles. The first kappa shape index (κ1) is 28.5. The van der Waals surface area contributed by atoms with Gasteiger partial charge in [-0.2, -0.15) is 57.1 Å². The molecule has 1 unspecified atom stereocenters. The van der Waals surface area contributed by atoms with E-state index in [0.717, 1.165) is 6.92 Å². The summed E-state index contributed by atoms with van der Waals surface area (Å²) in [7, 11) is 0. The van der Waals surface area contributed by atoms with E-state index in [1.807, 2.05) is 0 Å². The van der Waals surface area contributed by atoms with E-state index in [1.54, 1.807) is 0 Å². The number of hydrogen-bond donors (Lipinski definition) is 0. The van der Waals surface area contributed by atoms with Gasteiger partial charge in [-0.25, -0.2) is 4.79 Å². The molecule has 1 fully saturated rings. The van der Waals surface area contributed by atoms with Gasteiger partial charge in [-0.05, 0) is 6.92 Å². The van der Waals surface area contributed by atoms with Crippen LogP contribution < -0.4 is 0 Å². The third-order valence-electron chi connectivity index (χ3n) is 4.29. The van der Waals surface area contributed by atoms with Gasteiger partial charge >= 0.3 is 41.8 Å². The van der Waals surface area contributed by atoms with Crippen LogP contribution >= 0.6 is 0 Å². The molecule has 0 N–H and O–H groups in total. The highest BCUT2D eigenvalue weighted by Crippen LogP contribution is 2.56. The Bertz CT molecular complexity index is 659. The Morgan fingerprint density at radius 3 is 1.75 bits per heavy atom. The molecule has 0 amide bonds.